The zero-order valence-electron chi connectivity index (χ0n) is 14.0. The Hall–Kier alpha value is -1.17. The largest absolute Gasteiger partial charge is 0.444 e. The summed E-state index contributed by atoms with van der Waals surface area (Å²) in [5.74, 6) is 0.601. The molecule has 5 nitrogen and oxygen atoms in total. The molecule has 1 unspecified atom stereocenters. The highest BCUT2D eigenvalue weighted by atomic mass is 32.1. The maximum atomic E-state index is 12.1. The van der Waals surface area contributed by atoms with Gasteiger partial charge in [-0.15, -0.1) is 10.2 Å². The normalized spacial score (nSPS) is 16.4. The molecule has 0 bridgehead atoms. The van der Waals surface area contributed by atoms with E-state index in [9.17, 15) is 4.79 Å². The molecule has 124 valence electrons. The summed E-state index contributed by atoms with van der Waals surface area (Å²) in [6.45, 7) is 7.78. The smallest absolute Gasteiger partial charge is 0.408 e. The number of nitrogens with zero attached hydrogens (tertiary/aromatic N) is 2. The van der Waals surface area contributed by atoms with E-state index in [0.717, 1.165) is 35.7 Å². The second kappa shape index (κ2) is 7.40. The van der Waals surface area contributed by atoms with Crippen LogP contribution in [-0.4, -0.2) is 21.9 Å². The van der Waals surface area contributed by atoms with Crippen LogP contribution in [0.25, 0.3) is 0 Å². The molecule has 1 fully saturated rings. The van der Waals surface area contributed by atoms with E-state index in [1.807, 2.05) is 20.8 Å². The van der Waals surface area contributed by atoms with Crippen LogP contribution in [0.15, 0.2) is 0 Å². The zero-order valence-corrected chi connectivity index (χ0v) is 14.8. The molecule has 0 aliphatic heterocycles. The molecule has 1 heterocycles. The van der Waals surface area contributed by atoms with Gasteiger partial charge in [0, 0.05) is 5.92 Å². The predicted octanol–water partition coefficient (Wildman–Crippen LogP) is 4.56. The summed E-state index contributed by atoms with van der Waals surface area (Å²) in [7, 11) is 0. The highest BCUT2D eigenvalue weighted by Crippen LogP contribution is 2.42. The van der Waals surface area contributed by atoms with Gasteiger partial charge in [-0.2, -0.15) is 0 Å². The van der Waals surface area contributed by atoms with Crippen molar-refractivity contribution in [3.05, 3.63) is 10.0 Å². The standard InChI is InChI=1S/C16H27N3O2S/c1-5-6-7-8-12(17-15(20)21-16(2,3)4)14-19-18-13(22-14)11-9-10-11/h11-12H,5-10H2,1-4H3,(H,17,20). The van der Waals surface area contributed by atoms with E-state index in [2.05, 4.69) is 22.4 Å². The van der Waals surface area contributed by atoms with Gasteiger partial charge in [-0.05, 0) is 40.0 Å². The number of hydrogen-bond acceptors (Lipinski definition) is 5. The van der Waals surface area contributed by atoms with Crippen molar-refractivity contribution in [2.24, 2.45) is 0 Å². The van der Waals surface area contributed by atoms with Crippen LogP contribution in [0.5, 0.6) is 0 Å². The third-order valence-corrected chi connectivity index (χ3v) is 4.67. The van der Waals surface area contributed by atoms with E-state index in [-0.39, 0.29) is 12.1 Å². The van der Waals surface area contributed by atoms with Gasteiger partial charge in [0.1, 0.15) is 15.6 Å². The van der Waals surface area contributed by atoms with Crippen LogP contribution in [-0.2, 0) is 4.74 Å². The Morgan fingerprint density at radius 3 is 2.68 bits per heavy atom. The number of amides is 1. The number of rotatable bonds is 7. The number of nitrogens with one attached hydrogen (secondary N) is 1. The van der Waals surface area contributed by atoms with Crippen LogP contribution in [0, 0.1) is 0 Å². The lowest BCUT2D eigenvalue weighted by Gasteiger charge is -2.22. The van der Waals surface area contributed by atoms with Crippen molar-refractivity contribution in [2.45, 2.75) is 83.8 Å². The van der Waals surface area contributed by atoms with Gasteiger partial charge in [0.15, 0.2) is 0 Å². The van der Waals surface area contributed by atoms with Crippen LogP contribution in [0.4, 0.5) is 4.79 Å². The number of carbonyl (C=O) groups is 1. The van der Waals surface area contributed by atoms with Crippen molar-refractivity contribution in [1.82, 2.24) is 15.5 Å². The van der Waals surface area contributed by atoms with Crippen molar-refractivity contribution >= 4 is 17.4 Å². The molecule has 1 atom stereocenters. The van der Waals surface area contributed by atoms with Gasteiger partial charge in [0.05, 0.1) is 6.04 Å². The topological polar surface area (TPSA) is 64.1 Å². The minimum absolute atomic E-state index is 0.0913. The summed E-state index contributed by atoms with van der Waals surface area (Å²) >= 11 is 1.64. The van der Waals surface area contributed by atoms with Crippen molar-refractivity contribution in [1.29, 1.82) is 0 Å². The minimum atomic E-state index is -0.488. The Kier molecular flexibility index (Phi) is 5.78. The average Bonchev–Trinajstić information content (AvgIpc) is 3.14. The minimum Gasteiger partial charge on any atom is -0.444 e. The third kappa shape index (κ3) is 5.55. The summed E-state index contributed by atoms with van der Waals surface area (Å²) in [5, 5.41) is 13.6. The fourth-order valence-electron chi connectivity index (χ4n) is 2.19. The Labute approximate surface area is 136 Å². The molecule has 1 saturated carbocycles. The van der Waals surface area contributed by atoms with Gasteiger partial charge in [-0.1, -0.05) is 37.5 Å². The molecule has 1 aliphatic carbocycles. The Morgan fingerprint density at radius 1 is 1.36 bits per heavy atom. The Bertz CT molecular complexity index is 492. The average molecular weight is 325 g/mol. The molecule has 1 aliphatic rings. The van der Waals surface area contributed by atoms with E-state index < -0.39 is 5.60 Å². The first kappa shape index (κ1) is 17.2. The number of carbonyl (C=O) groups excluding carboxylic acids is 1. The molecule has 2 rings (SSSR count). The predicted molar refractivity (Wildman–Crippen MR) is 88.1 cm³/mol. The van der Waals surface area contributed by atoms with Crippen LogP contribution in [0.3, 0.4) is 0 Å². The zero-order chi connectivity index (χ0) is 16.2. The van der Waals surface area contributed by atoms with Gasteiger partial charge in [0.25, 0.3) is 0 Å². The maximum absolute atomic E-state index is 12.1. The van der Waals surface area contributed by atoms with Crippen molar-refractivity contribution in [2.75, 3.05) is 0 Å². The van der Waals surface area contributed by atoms with Crippen LogP contribution >= 0.6 is 11.3 Å². The number of ether oxygens (including phenoxy) is 1. The summed E-state index contributed by atoms with van der Waals surface area (Å²) in [5.41, 5.74) is -0.488. The van der Waals surface area contributed by atoms with Crippen LogP contribution < -0.4 is 5.32 Å². The molecule has 22 heavy (non-hydrogen) atoms. The fourth-order valence-corrected chi connectivity index (χ4v) is 3.29. The Balaban J connectivity index is 1.99. The van der Waals surface area contributed by atoms with Gasteiger partial charge in [-0.3, -0.25) is 0 Å². The molecule has 1 amide bonds. The highest BCUT2D eigenvalue weighted by molar-refractivity contribution is 7.11. The lowest BCUT2D eigenvalue weighted by atomic mass is 10.1. The van der Waals surface area contributed by atoms with Gasteiger partial charge >= 0.3 is 6.09 Å². The number of hydrogen-bond donors (Lipinski definition) is 1. The molecule has 0 saturated heterocycles. The van der Waals surface area contributed by atoms with Crippen molar-refractivity contribution < 1.29 is 9.53 Å². The molecule has 0 spiro atoms. The third-order valence-electron chi connectivity index (χ3n) is 3.47. The lowest BCUT2D eigenvalue weighted by Crippen LogP contribution is -2.35. The van der Waals surface area contributed by atoms with E-state index in [0.29, 0.717) is 5.92 Å². The summed E-state index contributed by atoms with van der Waals surface area (Å²) in [6, 6.07) is -0.0913. The fraction of sp³-hybridized carbons (Fsp3) is 0.812. The van der Waals surface area contributed by atoms with Crippen LogP contribution in [0.1, 0.15) is 88.2 Å². The molecule has 1 N–H and O–H groups in total. The van der Waals surface area contributed by atoms with Crippen molar-refractivity contribution in [3.63, 3.8) is 0 Å². The molecule has 6 heteroatoms. The molecule has 0 radical (unpaired) electrons. The second-order valence-corrected chi connectivity index (χ2v) is 7.99. The summed E-state index contributed by atoms with van der Waals surface area (Å²) in [6.07, 6.45) is 6.31. The number of alkyl carbamates (subject to hydrolysis) is 1. The van der Waals surface area contributed by atoms with Gasteiger partial charge in [0.2, 0.25) is 0 Å². The molecule has 0 aromatic carbocycles. The molecular formula is C16H27N3O2S. The Morgan fingerprint density at radius 2 is 2.09 bits per heavy atom. The second-order valence-electron chi connectivity index (χ2n) is 6.95. The number of unbranched alkanes of at least 4 members (excludes halogenated alkanes) is 2. The lowest BCUT2D eigenvalue weighted by molar-refractivity contribution is 0.0500. The molecule has 1 aromatic heterocycles. The van der Waals surface area contributed by atoms with Gasteiger partial charge in [-0.25, -0.2) is 4.79 Å². The summed E-state index contributed by atoms with van der Waals surface area (Å²) < 4.78 is 5.37. The first-order valence-corrected chi connectivity index (χ1v) is 9.03. The van der Waals surface area contributed by atoms with Crippen molar-refractivity contribution in [3.8, 4) is 0 Å². The van der Waals surface area contributed by atoms with E-state index >= 15 is 0 Å². The number of aromatic nitrogens is 2. The maximum Gasteiger partial charge on any atom is 0.408 e. The SMILES string of the molecule is CCCCCC(NC(=O)OC(C)(C)C)c1nnc(C2CC2)s1. The monoisotopic (exact) mass is 325 g/mol. The first-order chi connectivity index (χ1) is 10.4. The molecular weight excluding hydrogens is 298 g/mol. The van der Waals surface area contributed by atoms with E-state index in [1.54, 1.807) is 11.3 Å². The quantitative estimate of drug-likeness (QED) is 0.746. The van der Waals surface area contributed by atoms with Gasteiger partial charge < -0.3 is 10.1 Å². The van der Waals surface area contributed by atoms with E-state index in [4.69, 9.17) is 4.74 Å². The summed E-state index contributed by atoms with van der Waals surface area (Å²) in [4.78, 5) is 12.1. The van der Waals surface area contributed by atoms with E-state index in [1.165, 1.54) is 12.8 Å². The molecule has 1 aromatic rings. The highest BCUT2D eigenvalue weighted by Gasteiger charge is 2.29. The first-order valence-electron chi connectivity index (χ1n) is 8.22. The van der Waals surface area contributed by atoms with Crippen LogP contribution in [0.2, 0.25) is 0 Å².